The zero-order chi connectivity index (χ0) is 20.5. The van der Waals surface area contributed by atoms with E-state index in [1.54, 1.807) is 13.8 Å². The van der Waals surface area contributed by atoms with Crippen molar-refractivity contribution in [1.29, 1.82) is 0 Å². The smallest absolute Gasteiger partial charge is 0.324 e. The summed E-state index contributed by atoms with van der Waals surface area (Å²) >= 11 is 0. The van der Waals surface area contributed by atoms with Gasteiger partial charge in [0.15, 0.2) is 0 Å². The number of carbonyl (C=O) groups excluding carboxylic acids is 2. The van der Waals surface area contributed by atoms with Crippen molar-refractivity contribution >= 4 is 11.9 Å². The molecule has 2 fully saturated rings. The van der Waals surface area contributed by atoms with Crippen LogP contribution in [0.3, 0.4) is 0 Å². The maximum Gasteiger partial charge on any atom is 0.325 e. The van der Waals surface area contributed by atoms with Crippen LogP contribution in [0.25, 0.3) is 0 Å². The van der Waals surface area contributed by atoms with E-state index in [9.17, 15) is 9.59 Å². The second kappa shape index (κ2) is 8.21. The summed E-state index contributed by atoms with van der Waals surface area (Å²) in [6, 6.07) is 0.0806. The molecular formula is C20H34N6O2. The van der Waals surface area contributed by atoms with E-state index in [4.69, 9.17) is 0 Å². The molecule has 0 bridgehead atoms. The zero-order valence-electron chi connectivity index (χ0n) is 17.8. The van der Waals surface area contributed by atoms with Crippen LogP contribution in [0.15, 0.2) is 12.4 Å². The van der Waals surface area contributed by atoms with E-state index in [0.717, 1.165) is 19.6 Å². The Hall–Kier alpha value is -1.93. The molecule has 3 heterocycles. The number of aromatic nitrogens is 2. The summed E-state index contributed by atoms with van der Waals surface area (Å²) in [4.78, 5) is 30.6. The number of piperidine rings is 1. The minimum Gasteiger partial charge on any atom is -0.324 e. The molecule has 0 aliphatic carbocycles. The fraction of sp³-hybridized carbons (Fsp3) is 0.750. The first-order valence-electron chi connectivity index (χ1n) is 10.3. The average Bonchev–Trinajstić information content (AvgIpc) is 3.14. The highest BCUT2D eigenvalue weighted by molar-refractivity contribution is 6.06. The molecule has 0 radical (unpaired) electrons. The number of hydrogen-bond acceptors (Lipinski definition) is 5. The number of nitrogens with one attached hydrogen (secondary N) is 1. The second-order valence-electron chi connectivity index (χ2n) is 8.70. The summed E-state index contributed by atoms with van der Waals surface area (Å²) in [6.07, 6.45) is 6.49. The summed E-state index contributed by atoms with van der Waals surface area (Å²) < 4.78 is 1.87. The third-order valence-corrected chi connectivity index (χ3v) is 6.03. The molecule has 1 N–H and O–H groups in total. The Bertz CT molecular complexity index is 715. The molecule has 2 aliphatic heterocycles. The Kier molecular flexibility index (Phi) is 6.09. The van der Waals surface area contributed by atoms with Gasteiger partial charge in [-0.05, 0) is 52.7 Å². The van der Waals surface area contributed by atoms with Crippen molar-refractivity contribution in [2.75, 3.05) is 39.8 Å². The van der Waals surface area contributed by atoms with E-state index in [2.05, 4.69) is 40.4 Å². The molecule has 8 nitrogen and oxygen atoms in total. The van der Waals surface area contributed by atoms with Gasteiger partial charge in [-0.3, -0.25) is 19.3 Å². The minimum absolute atomic E-state index is 0.144. The lowest BCUT2D eigenvalue weighted by atomic mass is 9.85. The molecule has 2 saturated heterocycles. The van der Waals surface area contributed by atoms with Gasteiger partial charge in [0.25, 0.3) is 5.91 Å². The van der Waals surface area contributed by atoms with Gasteiger partial charge in [-0.15, -0.1) is 0 Å². The molecule has 0 saturated carbocycles. The average molecular weight is 391 g/mol. The molecule has 3 rings (SSSR count). The van der Waals surface area contributed by atoms with Gasteiger partial charge in [-0.2, -0.15) is 5.10 Å². The van der Waals surface area contributed by atoms with Gasteiger partial charge in [0.2, 0.25) is 0 Å². The summed E-state index contributed by atoms with van der Waals surface area (Å²) in [5.74, 6) is 0.358. The highest BCUT2D eigenvalue weighted by atomic mass is 16.2. The highest BCUT2D eigenvalue weighted by Gasteiger charge is 2.44. The maximum atomic E-state index is 12.4. The van der Waals surface area contributed by atoms with Crippen molar-refractivity contribution in [2.24, 2.45) is 13.0 Å². The standard InChI is InChI=1S/C20H34N6O2/c1-6-25-9-7-8-15(17(25)16-12-21-24(5)14-16)13-23(4)10-11-26-18(27)20(2,3)22-19(26)28/h12,14-15,17H,6-11,13H2,1-5H3,(H,22,28)/t15-,17+/m0/s1. The number of imide groups is 1. The van der Waals surface area contributed by atoms with Crippen LogP contribution in [0, 0.1) is 5.92 Å². The Labute approximate surface area is 167 Å². The monoisotopic (exact) mass is 390 g/mol. The van der Waals surface area contributed by atoms with Gasteiger partial charge in [0, 0.05) is 44.5 Å². The van der Waals surface area contributed by atoms with Crippen LogP contribution in [0.5, 0.6) is 0 Å². The summed E-state index contributed by atoms with van der Waals surface area (Å²) in [5.41, 5.74) is 0.477. The lowest BCUT2D eigenvalue weighted by Gasteiger charge is -2.42. The van der Waals surface area contributed by atoms with Crippen molar-refractivity contribution in [2.45, 2.75) is 45.2 Å². The molecule has 156 valence electrons. The van der Waals surface area contributed by atoms with Crippen LogP contribution in [0.1, 0.15) is 45.2 Å². The lowest BCUT2D eigenvalue weighted by Crippen LogP contribution is -2.45. The van der Waals surface area contributed by atoms with E-state index in [-0.39, 0.29) is 11.9 Å². The van der Waals surface area contributed by atoms with Gasteiger partial charge in [0.1, 0.15) is 5.54 Å². The number of amides is 3. The first-order chi connectivity index (χ1) is 13.2. The van der Waals surface area contributed by atoms with Crippen LogP contribution >= 0.6 is 0 Å². The Morgan fingerprint density at radius 2 is 2.11 bits per heavy atom. The molecule has 0 spiro atoms. The van der Waals surface area contributed by atoms with Crippen LogP contribution < -0.4 is 5.32 Å². The fourth-order valence-electron chi connectivity index (χ4n) is 4.56. The number of rotatable bonds is 7. The molecular weight excluding hydrogens is 356 g/mol. The Morgan fingerprint density at radius 3 is 2.68 bits per heavy atom. The summed E-state index contributed by atoms with van der Waals surface area (Å²) in [5, 5.41) is 7.13. The summed E-state index contributed by atoms with van der Waals surface area (Å²) in [7, 11) is 4.04. The van der Waals surface area contributed by atoms with Gasteiger partial charge in [0.05, 0.1) is 6.20 Å². The minimum atomic E-state index is -0.800. The molecule has 1 aromatic rings. The summed E-state index contributed by atoms with van der Waals surface area (Å²) in [6.45, 7) is 9.89. The number of hydrogen-bond donors (Lipinski definition) is 1. The largest absolute Gasteiger partial charge is 0.325 e. The maximum absolute atomic E-state index is 12.4. The molecule has 3 amide bonds. The van der Waals surface area contributed by atoms with Gasteiger partial charge in [-0.25, -0.2) is 4.79 Å². The lowest BCUT2D eigenvalue weighted by molar-refractivity contribution is -0.130. The van der Waals surface area contributed by atoms with Gasteiger partial charge < -0.3 is 10.2 Å². The van der Waals surface area contributed by atoms with Crippen molar-refractivity contribution < 1.29 is 9.59 Å². The van der Waals surface area contributed by atoms with Crippen LogP contribution in [0.2, 0.25) is 0 Å². The predicted octanol–water partition coefficient (Wildman–Crippen LogP) is 1.46. The highest BCUT2D eigenvalue weighted by Crippen LogP contribution is 2.36. The number of likely N-dealkylation sites (tertiary alicyclic amines) is 1. The third-order valence-electron chi connectivity index (χ3n) is 6.03. The van der Waals surface area contributed by atoms with Crippen molar-refractivity contribution in [3.8, 4) is 0 Å². The number of aryl methyl sites for hydroxylation is 1. The van der Waals surface area contributed by atoms with Gasteiger partial charge in [-0.1, -0.05) is 6.92 Å². The van der Waals surface area contributed by atoms with Crippen molar-refractivity contribution in [3.05, 3.63) is 18.0 Å². The molecule has 2 atom stereocenters. The molecule has 0 unspecified atom stereocenters. The van der Waals surface area contributed by atoms with E-state index in [1.807, 2.05) is 17.9 Å². The number of urea groups is 1. The first-order valence-corrected chi connectivity index (χ1v) is 10.3. The van der Waals surface area contributed by atoms with Crippen molar-refractivity contribution in [1.82, 2.24) is 29.8 Å². The first kappa shape index (κ1) is 20.8. The number of carbonyl (C=O) groups is 2. The van der Waals surface area contributed by atoms with Crippen LogP contribution in [0.4, 0.5) is 4.79 Å². The van der Waals surface area contributed by atoms with Crippen molar-refractivity contribution in [3.63, 3.8) is 0 Å². The molecule has 0 aromatic carbocycles. The van der Waals surface area contributed by atoms with E-state index >= 15 is 0 Å². The molecule has 28 heavy (non-hydrogen) atoms. The molecule has 8 heteroatoms. The van der Waals surface area contributed by atoms with E-state index in [1.165, 1.54) is 23.3 Å². The fourth-order valence-corrected chi connectivity index (χ4v) is 4.56. The number of likely N-dealkylation sites (N-methyl/N-ethyl adjacent to an activating group) is 1. The van der Waals surface area contributed by atoms with E-state index in [0.29, 0.717) is 25.0 Å². The second-order valence-corrected chi connectivity index (χ2v) is 8.70. The molecule has 2 aliphatic rings. The quantitative estimate of drug-likeness (QED) is 0.714. The van der Waals surface area contributed by atoms with Gasteiger partial charge >= 0.3 is 6.03 Å². The van der Waals surface area contributed by atoms with Crippen LogP contribution in [-0.2, 0) is 11.8 Å². The van der Waals surface area contributed by atoms with E-state index < -0.39 is 5.54 Å². The Balaban J connectivity index is 1.62. The third kappa shape index (κ3) is 4.22. The van der Waals surface area contributed by atoms with Crippen LogP contribution in [-0.4, -0.2) is 81.7 Å². The Morgan fingerprint density at radius 1 is 1.36 bits per heavy atom. The molecule has 1 aromatic heterocycles. The normalized spacial score (nSPS) is 25.6. The number of nitrogens with zero attached hydrogens (tertiary/aromatic N) is 5. The predicted molar refractivity (Wildman–Crippen MR) is 108 cm³/mol. The topological polar surface area (TPSA) is 73.7 Å². The zero-order valence-corrected chi connectivity index (χ0v) is 17.8. The SMILES string of the molecule is CCN1CCC[C@@H](CN(C)CCN2C(=O)NC(C)(C)C2=O)[C@@H]1c1cnn(C)c1.